The lowest BCUT2D eigenvalue weighted by Crippen LogP contribution is -2.30. The van der Waals surface area contributed by atoms with Gasteiger partial charge in [-0.2, -0.15) is 0 Å². The number of benzene rings is 3. The van der Waals surface area contributed by atoms with Crippen LogP contribution in [0.3, 0.4) is 0 Å². The van der Waals surface area contributed by atoms with E-state index < -0.39 is 41.4 Å². The first-order valence-electron chi connectivity index (χ1n) is 16.4. The smallest absolute Gasteiger partial charge is 0.261 e. The van der Waals surface area contributed by atoms with Gasteiger partial charge in [0.15, 0.2) is 0 Å². The SMILES string of the molecule is O=C1c2ccccc2C(=O)N1Cc1ccoc1C(c1occc1CN1C(=O)c2ccccc2C1=O)c1occc1CN1C(=O)c2ccccc2C1=O. The van der Waals surface area contributed by atoms with Crippen LogP contribution >= 0.6 is 0 Å². The van der Waals surface area contributed by atoms with Gasteiger partial charge in [-0.25, -0.2) is 0 Å². The number of furan rings is 3. The van der Waals surface area contributed by atoms with Gasteiger partial charge in [-0.05, 0) is 54.6 Å². The summed E-state index contributed by atoms with van der Waals surface area (Å²) in [5.41, 5.74) is 3.09. The molecule has 3 aromatic heterocycles. The van der Waals surface area contributed by atoms with Crippen molar-refractivity contribution in [2.75, 3.05) is 0 Å². The van der Waals surface area contributed by atoms with Crippen molar-refractivity contribution >= 4 is 35.4 Å². The van der Waals surface area contributed by atoms with E-state index >= 15 is 0 Å². The third-order valence-corrected chi connectivity index (χ3v) is 9.75. The number of fused-ring (bicyclic) bond motifs is 3. The maximum Gasteiger partial charge on any atom is 0.261 e. The number of nitrogens with zero attached hydrogens (tertiary/aromatic N) is 3. The molecule has 0 unspecified atom stereocenters. The van der Waals surface area contributed by atoms with Crippen LogP contribution in [0.4, 0.5) is 0 Å². The molecule has 0 bridgehead atoms. The third kappa shape index (κ3) is 4.61. The van der Waals surface area contributed by atoms with Crippen molar-refractivity contribution in [2.24, 2.45) is 0 Å². The lowest BCUT2D eigenvalue weighted by molar-refractivity contribution is 0.0627. The fourth-order valence-electron chi connectivity index (χ4n) is 7.21. The predicted octanol–water partition coefficient (Wildman–Crippen LogP) is 6.03. The van der Waals surface area contributed by atoms with Crippen molar-refractivity contribution in [3.63, 3.8) is 0 Å². The summed E-state index contributed by atoms with van der Waals surface area (Å²) in [6.45, 7) is -0.466. The molecule has 3 aliphatic heterocycles. The molecule has 6 aromatic rings. The van der Waals surface area contributed by atoms with Gasteiger partial charge in [0.1, 0.15) is 23.2 Å². The zero-order valence-corrected chi connectivity index (χ0v) is 27.1. The molecule has 0 radical (unpaired) electrons. The number of rotatable bonds is 9. The van der Waals surface area contributed by atoms with E-state index in [1.165, 1.54) is 18.8 Å². The van der Waals surface area contributed by atoms with Crippen LogP contribution in [-0.4, -0.2) is 50.1 Å². The molecular formula is C40H25N3O9. The molecule has 12 nitrogen and oxygen atoms in total. The zero-order chi connectivity index (χ0) is 35.7. The van der Waals surface area contributed by atoms with Crippen molar-refractivity contribution in [1.29, 1.82) is 0 Å². The molecule has 3 aromatic carbocycles. The van der Waals surface area contributed by atoms with E-state index in [1.807, 2.05) is 0 Å². The van der Waals surface area contributed by atoms with E-state index in [9.17, 15) is 28.8 Å². The van der Waals surface area contributed by atoms with E-state index in [0.717, 1.165) is 14.7 Å². The number of carbonyl (C=O) groups is 6. The maximum atomic E-state index is 13.4. The molecule has 254 valence electrons. The van der Waals surface area contributed by atoms with E-state index in [4.69, 9.17) is 13.3 Å². The van der Waals surface area contributed by atoms with Crippen LogP contribution in [-0.2, 0) is 19.6 Å². The zero-order valence-electron chi connectivity index (χ0n) is 27.1. The van der Waals surface area contributed by atoms with Crippen molar-refractivity contribution in [2.45, 2.75) is 25.6 Å². The number of amides is 6. The molecule has 0 aliphatic carbocycles. The third-order valence-electron chi connectivity index (χ3n) is 9.75. The van der Waals surface area contributed by atoms with Crippen LogP contribution in [0.15, 0.2) is 123 Å². The van der Waals surface area contributed by atoms with Gasteiger partial charge in [0, 0.05) is 16.7 Å². The van der Waals surface area contributed by atoms with Gasteiger partial charge in [0.05, 0.1) is 71.8 Å². The lowest BCUT2D eigenvalue weighted by atomic mass is 9.91. The first-order valence-corrected chi connectivity index (χ1v) is 16.4. The Balaban J connectivity index is 1.11. The van der Waals surface area contributed by atoms with Gasteiger partial charge >= 0.3 is 0 Å². The summed E-state index contributed by atoms with van der Waals surface area (Å²) in [7, 11) is 0. The minimum atomic E-state index is -1.01. The summed E-state index contributed by atoms with van der Waals surface area (Å²) in [6, 6.07) is 24.6. The molecule has 12 heteroatoms. The van der Waals surface area contributed by atoms with Crippen LogP contribution in [0, 0.1) is 0 Å². The normalized spacial score (nSPS) is 15.1. The van der Waals surface area contributed by atoms with Gasteiger partial charge in [0.25, 0.3) is 35.4 Å². The van der Waals surface area contributed by atoms with E-state index in [2.05, 4.69) is 0 Å². The second-order valence-corrected chi connectivity index (χ2v) is 12.6. The summed E-state index contributed by atoms with van der Waals surface area (Å²) >= 11 is 0. The van der Waals surface area contributed by atoms with E-state index in [-0.39, 0.29) is 70.3 Å². The first kappa shape index (κ1) is 30.9. The van der Waals surface area contributed by atoms with Crippen molar-refractivity contribution in [3.05, 3.63) is 177 Å². The highest BCUT2D eigenvalue weighted by atomic mass is 16.4. The Bertz CT molecular complexity index is 2140. The summed E-state index contributed by atoms with van der Waals surface area (Å²) in [6.07, 6.45) is 4.24. The fraction of sp³-hybridized carbons (Fsp3) is 0.100. The fourth-order valence-corrected chi connectivity index (χ4v) is 7.21. The topological polar surface area (TPSA) is 152 Å². The molecule has 3 aliphatic rings. The lowest BCUT2D eigenvalue weighted by Gasteiger charge is -2.21. The Morgan fingerprint density at radius 2 is 0.596 bits per heavy atom. The average Bonchev–Trinajstić information content (AvgIpc) is 4.03. The number of hydrogen-bond acceptors (Lipinski definition) is 9. The van der Waals surface area contributed by atoms with Crippen LogP contribution in [0.25, 0.3) is 0 Å². The molecule has 0 saturated carbocycles. The predicted molar refractivity (Wildman–Crippen MR) is 179 cm³/mol. The number of imide groups is 3. The first-order chi connectivity index (χ1) is 25.3. The van der Waals surface area contributed by atoms with E-state index in [1.54, 1.807) is 91.0 Å². The molecule has 0 fully saturated rings. The van der Waals surface area contributed by atoms with Crippen molar-refractivity contribution in [3.8, 4) is 0 Å². The van der Waals surface area contributed by atoms with Crippen molar-refractivity contribution in [1.82, 2.24) is 14.7 Å². The molecule has 0 N–H and O–H groups in total. The second kappa shape index (κ2) is 11.8. The quantitative estimate of drug-likeness (QED) is 0.165. The number of carbonyl (C=O) groups excluding carboxylic acids is 6. The summed E-state index contributed by atoms with van der Waals surface area (Å²) in [4.78, 5) is 83.6. The highest BCUT2D eigenvalue weighted by Gasteiger charge is 2.42. The van der Waals surface area contributed by atoms with Crippen LogP contribution in [0.5, 0.6) is 0 Å². The Morgan fingerprint density at radius 1 is 0.365 bits per heavy atom. The summed E-state index contributed by atoms with van der Waals surface area (Å²) in [5.74, 6) is -3.04. The molecule has 0 spiro atoms. The Kier molecular flexibility index (Phi) is 7.00. The minimum Gasteiger partial charge on any atom is -0.468 e. The minimum absolute atomic E-state index is 0.155. The van der Waals surface area contributed by atoms with E-state index in [0.29, 0.717) is 16.7 Å². The Hall–Kier alpha value is -7.08. The van der Waals surface area contributed by atoms with Crippen LogP contribution < -0.4 is 0 Å². The molecular weight excluding hydrogens is 666 g/mol. The monoisotopic (exact) mass is 691 g/mol. The van der Waals surface area contributed by atoms with Crippen LogP contribution in [0.1, 0.15) is 102 Å². The molecule has 0 saturated heterocycles. The maximum absolute atomic E-state index is 13.4. The molecule has 6 heterocycles. The highest BCUT2D eigenvalue weighted by Crippen LogP contribution is 2.41. The molecule has 52 heavy (non-hydrogen) atoms. The van der Waals surface area contributed by atoms with Gasteiger partial charge in [-0.1, -0.05) is 36.4 Å². The van der Waals surface area contributed by atoms with Gasteiger partial charge in [-0.3, -0.25) is 43.5 Å². The van der Waals surface area contributed by atoms with Gasteiger partial charge in [-0.15, -0.1) is 0 Å². The Labute approximate surface area is 294 Å². The highest BCUT2D eigenvalue weighted by molar-refractivity contribution is 6.22. The van der Waals surface area contributed by atoms with Crippen LogP contribution in [0.2, 0.25) is 0 Å². The molecule has 6 amide bonds. The van der Waals surface area contributed by atoms with Gasteiger partial charge in [0.2, 0.25) is 0 Å². The largest absolute Gasteiger partial charge is 0.468 e. The van der Waals surface area contributed by atoms with Crippen molar-refractivity contribution < 1.29 is 42.0 Å². The van der Waals surface area contributed by atoms with Gasteiger partial charge < -0.3 is 13.3 Å². The average molecular weight is 692 g/mol. The second-order valence-electron chi connectivity index (χ2n) is 12.6. The standard InChI is InChI=1S/C40H25N3O9/c44-35-25-7-1-2-8-26(25)36(45)41(35)19-22-13-16-50-32(22)31(33-23(14-17-51-33)20-42-37(46)27-9-3-4-10-28(27)38(42)47)34-24(15-18-52-34)21-43-39(48)29-11-5-6-12-30(29)40(43)49/h1-18,31H,19-21H2. The summed E-state index contributed by atoms with van der Waals surface area (Å²) in [5, 5.41) is 0. The molecule has 9 rings (SSSR count). The Morgan fingerprint density at radius 3 is 0.827 bits per heavy atom. The summed E-state index contributed by atoms with van der Waals surface area (Å²) < 4.78 is 18.3. The molecule has 0 atom stereocenters. The number of hydrogen-bond donors (Lipinski definition) is 0.